The van der Waals surface area contributed by atoms with Crippen LogP contribution in [0.25, 0.3) is 33.3 Å². The minimum absolute atomic E-state index is 0.283. The van der Waals surface area contributed by atoms with Crippen molar-refractivity contribution in [2.45, 2.75) is 39.8 Å². The van der Waals surface area contributed by atoms with Gasteiger partial charge in [0.25, 0.3) is 0 Å². The molecule has 0 aliphatic carbocycles. The Morgan fingerprint density at radius 2 is 2.07 bits per heavy atom. The Kier molecular flexibility index (Phi) is 4.81. The van der Waals surface area contributed by atoms with E-state index in [0.717, 1.165) is 27.8 Å². The number of amides is 1. The standard InChI is InChI=1S/C21H25N7O2/c1-5-28(20(29)30-21(2,3)4)11-15-26-16-13-7-6-12(19-23-8-9-24-19)10-14(13)25-18(22)17(16)27-15/h6-10H,5,11H2,1-4H3,(H2,22,25)(H,23,24)(H,26,27). The fraction of sp³-hybridized carbons (Fsp3) is 0.333. The Morgan fingerprint density at radius 3 is 2.73 bits per heavy atom. The number of aromatic amines is 2. The number of carbonyl (C=O) groups is 1. The summed E-state index contributed by atoms with van der Waals surface area (Å²) in [5.41, 5.74) is 8.66. The fourth-order valence-corrected chi connectivity index (χ4v) is 3.28. The van der Waals surface area contributed by atoms with Crippen molar-refractivity contribution in [1.29, 1.82) is 0 Å². The van der Waals surface area contributed by atoms with Crippen LogP contribution in [0.2, 0.25) is 0 Å². The van der Waals surface area contributed by atoms with Crippen LogP contribution in [-0.2, 0) is 11.3 Å². The lowest BCUT2D eigenvalue weighted by molar-refractivity contribution is 0.0240. The molecule has 4 aromatic rings. The van der Waals surface area contributed by atoms with Gasteiger partial charge in [0.1, 0.15) is 22.8 Å². The van der Waals surface area contributed by atoms with E-state index in [2.05, 4.69) is 24.9 Å². The molecule has 9 heteroatoms. The summed E-state index contributed by atoms with van der Waals surface area (Å²) in [6.07, 6.45) is 3.09. The van der Waals surface area contributed by atoms with Gasteiger partial charge in [0.2, 0.25) is 0 Å². The van der Waals surface area contributed by atoms with Gasteiger partial charge in [-0.3, -0.25) is 0 Å². The number of hydrogen-bond acceptors (Lipinski definition) is 6. The molecule has 0 radical (unpaired) electrons. The summed E-state index contributed by atoms with van der Waals surface area (Å²) in [6.45, 7) is 8.20. The number of fused-ring (bicyclic) bond motifs is 3. The number of nitrogen functional groups attached to an aromatic ring is 1. The number of pyridine rings is 1. The molecule has 0 aliphatic heterocycles. The fourth-order valence-electron chi connectivity index (χ4n) is 3.28. The van der Waals surface area contributed by atoms with E-state index < -0.39 is 5.60 Å². The molecule has 0 bridgehead atoms. The third-order valence-electron chi connectivity index (χ3n) is 4.65. The van der Waals surface area contributed by atoms with E-state index in [0.29, 0.717) is 23.7 Å². The summed E-state index contributed by atoms with van der Waals surface area (Å²) in [7, 11) is 0. The third kappa shape index (κ3) is 3.78. The normalized spacial score (nSPS) is 11.9. The molecule has 4 N–H and O–H groups in total. The average molecular weight is 407 g/mol. The van der Waals surface area contributed by atoms with E-state index in [1.54, 1.807) is 17.3 Å². The number of hydrogen-bond donors (Lipinski definition) is 3. The van der Waals surface area contributed by atoms with Crippen molar-refractivity contribution in [3.8, 4) is 11.4 Å². The Balaban J connectivity index is 1.70. The van der Waals surface area contributed by atoms with Gasteiger partial charge >= 0.3 is 6.09 Å². The van der Waals surface area contributed by atoms with E-state index in [9.17, 15) is 4.79 Å². The van der Waals surface area contributed by atoms with E-state index >= 15 is 0 Å². The second kappa shape index (κ2) is 7.33. The maximum atomic E-state index is 12.5. The minimum Gasteiger partial charge on any atom is -0.444 e. The molecule has 4 rings (SSSR count). The van der Waals surface area contributed by atoms with Gasteiger partial charge in [-0.05, 0) is 39.8 Å². The molecule has 0 atom stereocenters. The van der Waals surface area contributed by atoms with E-state index in [-0.39, 0.29) is 12.6 Å². The van der Waals surface area contributed by atoms with Gasteiger partial charge in [0.05, 0.1) is 17.6 Å². The van der Waals surface area contributed by atoms with Crippen molar-refractivity contribution in [2.24, 2.45) is 0 Å². The average Bonchev–Trinajstić information content (AvgIpc) is 3.34. The molecule has 30 heavy (non-hydrogen) atoms. The lowest BCUT2D eigenvalue weighted by atomic mass is 10.1. The molecule has 1 aromatic carbocycles. The number of nitrogens with two attached hydrogens (primary N) is 1. The summed E-state index contributed by atoms with van der Waals surface area (Å²) in [6, 6.07) is 5.87. The predicted octanol–water partition coefficient (Wildman–Crippen LogP) is 3.84. The molecule has 0 spiro atoms. The van der Waals surface area contributed by atoms with E-state index in [1.807, 2.05) is 45.9 Å². The van der Waals surface area contributed by atoms with Crippen molar-refractivity contribution in [3.63, 3.8) is 0 Å². The predicted molar refractivity (Wildman–Crippen MR) is 116 cm³/mol. The number of anilines is 1. The molecule has 0 unspecified atom stereocenters. The number of benzene rings is 1. The summed E-state index contributed by atoms with van der Waals surface area (Å²) >= 11 is 0. The highest BCUT2D eigenvalue weighted by Gasteiger charge is 2.22. The lowest BCUT2D eigenvalue weighted by Gasteiger charge is -2.25. The quantitative estimate of drug-likeness (QED) is 0.472. The number of carbonyl (C=O) groups excluding carboxylic acids is 1. The van der Waals surface area contributed by atoms with Crippen LogP contribution in [0.5, 0.6) is 0 Å². The van der Waals surface area contributed by atoms with Gasteiger partial charge in [-0.2, -0.15) is 0 Å². The monoisotopic (exact) mass is 407 g/mol. The van der Waals surface area contributed by atoms with Gasteiger partial charge in [-0.25, -0.2) is 19.7 Å². The summed E-state index contributed by atoms with van der Waals surface area (Å²) in [5, 5.41) is 0.897. The Morgan fingerprint density at radius 1 is 1.27 bits per heavy atom. The Bertz CT molecular complexity index is 1210. The topological polar surface area (TPSA) is 126 Å². The Hall–Kier alpha value is -3.62. The van der Waals surface area contributed by atoms with Gasteiger partial charge < -0.3 is 25.3 Å². The first-order valence-electron chi connectivity index (χ1n) is 9.80. The highest BCUT2D eigenvalue weighted by atomic mass is 16.6. The third-order valence-corrected chi connectivity index (χ3v) is 4.65. The molecule has 0 aliphatic rings. The highest BCUT2D eigenvalue weighted by Crippen LogP contribution is 2.29. The first-order valence-corrected chi connectivity index (χ1v) is 9.80. The summed E-state index contributed by atoms with van der Waals surface area (Å²) in [4.78, 5) is 33.8. The minimum atomic E-state index is -0.561. The van der Waals surface area contributed by atoms with Crippen molar-refractivity contribution in [3.05, 3.63) is 36.4 Å². The molecule has 0 saturated carbocycles. The second-order valence-electron chi connectivity index (χ2n) is 8.07. The maximum absolute atomic E-state index is 12.5. The van der Waals surface area contributed by atoms with Crippen LogP contribution in [0, 0.1) is 0 Å². The van der Waals surface area contributed by atoms with Crippen molar-refractivity contribution in [2.75, 3.05) is 12.3 Å². The first-order chi connectivity index (χ1) is 14.2. The zero-order valence-corrected chi connectivity index (χ0v) is 17.5. The number of nitrogens with one attached hydrogen (secondary N) is 2. The zero-order valence-electron chi connectivity index (χ0n) is 17.5. The lowest BCUT2D eigenvalue weighted by Crippen LogP contribution is -2.36. The molecule has 3 aromatic heterocycles. The maximum Gasteiger partial charge on any atom is 0.410 e. The second-order valence-corrected chi connectivity index (χ2v) is 8.07. The number of ether oxygens (including phenoxy) is 1. The molecule has 0 fully saturated rings. The molecule has 9 nitrogen and oxygen atoms in total. The number of aromatic nitrogens is 5. The molecule has 156 valence electrons. The molecule has 0 saturated heterocycles. The number of rotatable bonds is 4. The van der Waals surface area contributed by atoms with Crippen LogP contribution >= 0.6 is 0 Å². The largest absolute Gasteiger partial charge is 0.444 e. The number of H-pyrrole nitrogens is 2. The zero-order chi connectivity index (χ0) is 21.5. The van der Waals surface area contributed by atoms with Crippen LogP contribution in [-0.4, -0.2) is 48.1 Å². The summed E-state index contributed by atoms with van der Waals surface area (Å²) in [5.74, 6) is 1.71. The summed E-state index contributed by atoms with van der Waals surface area (Å²) < 4.78 is 5.48. The first kappa shape index (κ1) is 19.7. The number of imidazole rings is 2. The van der Waals surface area contributed by atoms with Gasteiger partial charge in [0, 0.05) is 29.9 Å². The van der Waals surface area contributed by atoms with Crippen LogP contribution in [0.3, 0.4) is 0 Å². The van der Waals surface area contributed by atoms with Crippen molar-refractivity contribution < 1.29 is 9.53 Å². The molecule has 1 amide bonds. The molecular weight excluding hydrogens is 382 g/mol. The van der Waals surface area contributed by atoms with E-state index in [1.165, 1.54) is 0 Å². The van der Waals surface area contributed by atoms with Crippen LogP contribution < -0.4 is 5.73 Å². The van der Waals surface area contributed by atoms with E-state index in [4.69, 9.17) is 10.5 Å². The van der Waals surface area contributed by atoms with Crippen molar-refractivity contribution >= 4 is 33.8 Å². The Labute approximate surface area is 173 Å². The molecule has 3 heterocycles. The van der Waals surface area contributed by atoms with Gasteiger partial charge in [-0.1, -0.05) is 6.07 Å². The van der Waals surface area contributed by atoms with Crippen LogP contribution in [0.15, 0.2) is 30.6 Å². The van der Waals surface area contributed by atoms with Crippen molar-refractivity contribution in [1.82, 2.24) is 29.8 Å². The SMILES string of the molecule is CCN(Cc1nc2c(N)nc3cc(-c4ncc[nH]4)ccc3c2[nH]1)C(=O)OC(C)(C)C. The highest BCUT2D eigenvalue weighted by molar-refractivity contribution is 6.06. The van der Waals surface area contributed by atoms with Gasteiger partial charge in [0.15, 0.2) is 5.82 Å². The number of nitrogens with zero attached hydrogens (tertiary/aromatic N) is 4. The van der Waals surface area contributed by atoms with Crippen LogP contribution in [0.4, 0.5) is 10.6 Å². The van der Waals surface area contributed by atoms with Crippen LogP contribution in [0.1, 0.15) is 33.5 Å². The smallest absolute Gasteiger partial charge is 0.410 e. The van der Waals surface area contributed by atoms with Gasteiger partial charge in [-0.15, -0.1) is 0 Å². The molecular formula is C21H25N7O2.